The molecule has 26 heavy (non-hydrogen) atoms. The molecule has 2 saturated carbocycles. The van der Waals surface area contributed by atoms with E-state index in [0.717, 1.165) is 12.8 Å². The van der Waals surface area contributed by atoms with E-state index in [1.807, 2.05) is 0 Å². The Morgan fingerprint density at radius 2 is 1.62 bits per heavy atom. The molecule has 5 rings (SSSR count). The summed E-state index contributed by atoms with van der Waals surface area (Å²) >= 11 is 0. The third-order valence-corrected chi connectivity index (χ3v) is 6.33. The fourth-order valence-electron chi connectivity index (χ4n) is 5.33. The topological polar surface area (TPSA) is 80.5 Å². The Morgan fingerprint density at radius 1 is 1.00 bits per heavy atom. The molecule has 2 bridgehead atoms. The Bertz CT molecular complexity index is 874. The Hall–Kier alpha value is -2.76. The van der Waals surface area contributed by atoms with Gasteiger partial charge in [-0.15, -0.1) is 0 Å². The van der Waals surface area contributed by atoms with Gasteiger partial charge in [0.05, 0.1) is 22.4 Å². The number of non-ortho nitro benzene ring substituents is 1. The lowest BCUT2D eigenvalue weighted by molar-refractivity contribution is -0.384. The van der Waals surface area contributed by atoms with Crippen LogP contribution in [-0.4, -0.2) is 16.7 Å². The van der Waals surface area contributed by atoms with Gasteiger partial charge in [0.1, 0.15) is 0 Å². The normalized spacial score (nSPS) is 32.1. The van der Waals surface area contributed by atoms with Crippen molar-refractivity contribution >= 4 is 23.2 Å². The molecule has 132 valence electrons. The number of carbonyl (C=O) groups is 2. The number of imide groups is 1. The average molecular weight is 350 g/mol. The summed E-state index contributed by atoms with van der Waals surface area (Å²) in [5, 5.41) is 11.0. The second-order valence-electron chi connectivity index (χ2n) is 7.54. The van der Waals surface area contributed by atoms with Crippen molar-refractivity contribution < 1.29 is 14.5 Å². The number of amides is 2. The number of hydrogen-bond acceptors (Lipinski definition) is 4. The van der Waals surface area contributed by atoms with E-state index in [9.17, 15) is 19.7 Å². The van der Waals surface area contributed by atoms with Crippen molar-refractivity contribution in [1.29, 1.82) is 0 Å². The van der Waals surface area contributed by atoms with Gasteiger partial charge in [0.25, 0.3) is 5.69 Å². The molecule has 3 fully saturated rings. The summed E-state index contributed by atoms with van der Waals surface area (Å²) < 4.78 is 0. The Morgan fingerprint density at radius 3 is 2.19 bits per heavy atom. The van der Waals surface area contributed by atoms with Crippen LogP contribution in [0.25, 0.3) is 0 Å². The van der Waals surface area contributed by atoms with Gasteiger partial charge in [-0.3, -0.25) is 19.7 Å². The Balaban J connectivity index is 1.54. The molecule has 1 aromatic carbocycles. The summed E-state index contributed by atoms with van der Waals surface area (Å²) in [7, 11) is 0. The zero-order chi connectivity index (χ0) is 18.0. The zero-order valence-corrected chi connectivity index (χ0v) is 14.1. The zero-order valence-electron chi connectivity index (χ0n) is 14.1. The van der Waals surface area contributed by atoms with Gasteiger partial charge in [-0.05, 0) is 31.7 Å². The predicted molar refractivity (Wildman–Crippen MR) is 94.2 cm³/mol. The van der Waals surface area contributed by atoms with Gasteiger partial charge in [0.15, 0.2) is 0 Å². The van der Waals surface area contributed by atoms with Crippen LogP contribution < -0.4 is 4.90 Å². The van der Waals surface area contributed by atoms with Crippen molar-refractivity contribution in [3.63, 3.8) is 0 Å². The van der Waals surface area contributed by atoms with Crippen LogP contribution in [0.3, 0.4) is 0 Å². The van der Waals surface area contributed by atoms with Gasteiger partial charge in [0, 0.05) is 24.0 Å². The summed E-state index contributed by atoms with van der Waals surface area (Å²) in [6.07, 6.45) is 8.73. The van der Waals surface area contributed by atoms with E-state index in [4.69, 9.17) is 0 Å². The van der Waals surface area contributed by atoms with Crippen LogP contribution in [0.5, 0.6) is 0 Å². The highest BCUT2D eigenvalue weighted by molar-refractivity contribution is 6.23. The van der Waals surface area contributed by atoms with Crippen LogP contribution >= 0.6 is 0 Å². The van der Waals surface area contributed by atoms with Crippen molar-refractivity contribution in [2.45, 2.75) is 25.7 Å². The molecule has 0 spiro atoms. The number of nitro groups is 1. The highest BCUT2D eigenvalue weighted by Gasteiger charge is 2.62. The van der Waals surface area contributed by atoms with E-state index in [1.54, 1.807) is 6.07 Å². The van der Waals surface area contributed by atoms with Gasteiger partial charge in [-0.1, -0.05) is 29.4 Å². The minimum absolute atomic E-state index is 0.0262. The minimum Gasteiger partial charge on any atom is -0.274 e. The van der Waals surface area contributed by atoms with E-state index in [2.05, 4.69) is 12.2 Å². The predicted octanol–water partition coefficient (Wildman–Crippen LogP) is 3.39. The number of fused-ring (bicyclic) bond motifs is 5. The molecule has 1 aliphatic heterocycles. The van der Waals surface area contributed by atoms with Crippen molar-refractivity contribution in [2.75, 3.05) is 4.90 Å². The fourth-order valence-corrected chi connectivity index (χ4v) is 5.33. The average Bonchev–Trinajstić information content (AvgIpc) is 3.38. The largest absolute Gasteiger partial charge is 0.274 e. The molecule has 6 heteroatoms. The van der Waals surface area contributed by atoms with Gasteiger partial charge in [-0.25, -0.2) is 4.90 Å². The summed E-state index contributed by atoms with van der Waals surface area (Å²) in [4.78, 5) is 37.9. The lowest BCUT2D eigenvalue weighted by atomic mass is 9.85. The van der Waals surface area contributed by atoms with Crippen molar-refractivity contribution in [1.82, 2.24) is 0 Å². The van der Waals surface area contributed by atoms with Crippen molar-refractivity contribution in [2.24, 2.45) is 23.7 Å². The number of benzene rings is 1. The molecule has 1 aromatic rings. The molecule has 0 radical (unpaired) electrons. The molecule has 3 aliphatic carbocycles. The quantitative estimate of drug-likeness (QED) is 0.354. The van der Waals surface area contributed by atoms with Crippen LogP contribution in [0.1, 0.15) is 25.7 Å². The standard InChI is InChI=1S/C20H18N2O4/c23-19-17-14-8-9-15(16(14)11-4-1-2-5-11)18(17)20(24)21(19)12-6-3-7-13(10-12)22(25)26/h3,6-10,14-15,17-18H,1-2,4-5H2/t14-,15+,17+,18-. The first-order valence-corrected chi connectivity index (χ1v) is 9.10. The molecule has 1 saturated heterocycles. The van der Waals surface area contributed by atoms with Crippen LogP contribution in [0.15, 0.2) is 47.6 Å². The third-order valence-electron chi connectivity index (χ3n) is 6.33. The molecule has 4 atom stereocenters. The summed E-state index contributed by atoms with van der Waals surface area (Å²) in [5.41, 5.74) is 2.95. The van der Waals surface area contributed by atoms with Crippen molar-refractivity contribution in [3.05, 3.63) is 57.7 Å². The van der Waals surface area contributed by atoms with E-state index >= 15 is 0 Å². The fraction of sp³-hybridized carbons (Fsp3) is 0.400. The first kappa shape index (κ1) is 15.5. The highest BCUT2D eigenvalue weighted by Crippen LogP contribution is 2.58. The third kappa shape index (κ3) is 1.92. The van der Waals surface area contributed by atoms with E-state index in [-0.39, 0.29) is 41.2 Å². The number of carbonyl (C=O) groups excluding carboxylic acids is 2. The monoisotopic (exact) mass is 350 g/mol. The summed E-state index contributed by atoms with van der Waals surface area (Å²) in [6, 6.07) is 5.78. The highest BCUT2D eigenvalue weighted by atomic mass is 16.6. The molecule has 6 nitrogen and oxygen atoms in total. The number of hydrogen-bond donors (Lipinski definition) is 0. The lowest BCUT2D eigenvalue weighted by Crippen LogP contribution is -2.33. The maximum absolute atomic E-state index is 13.1. The molecular formula is C20H18N2O4. The van der Waals surface area contributed by atoms with Crippen LogP contribution in [0.2, 0.25) is 0 Å². The molecule has 2 amide bonds. The summed E-state index contributed by atoms with van der Waals surface area (Å²) in [5.74, 6) is -1.07. The second kappa shape index (κ2) is 5.37. The van der Waals surface area contributed by atoms with Crippen molar-refractivity contribution in [3.8, 4) is 0 Å². The Labute approximate surface area is 150 Å². The number of anilines is 1. The number of nitrogens with zero attached hydrogens (tertiary/aromatic N) is 2. The van der Waals surface area contributed by atoms with Crippen LogP contribution in [-0.2, 0) is 9.59 Å². The molecular weight excluding hydrogens is 332 g/mol. The lowest BCUT2D eigenvalue weighted by Gasteiger charge is -2.19. The van der Waals surface area contributed by atoms with Crippen LogP contribution in [0.4, 0.5) is 11.4 Å². The Kier molecular flexibility index (Phi) is 3.20. The molecule has 1 heterocycles. The van der Waals surface area contributed by atoms with Gasteiger partial charge in [-0.2, -0.15) is 0 Å². The second-order valence-corrected chi connectivity index (χ2v) is 7.54. The number of nitro benzene ring substituents is 1. The molecule has 0 unspecified atom stereocenters. The molecule has 0 aromatic heterocycles. The molecule has 4 aliphatic rings. The SMILES string of the molecule is O=C1[C@@H]2[C@H](C(=O)N1c1cccc([N+](=O)[O-])c1)[C@H]1C=C[C@@H]2C1=C1CCCC1. The van der Waals surface area contributed by atoms with E-state index in [0.29, 0.717) is 5.69 Å². The van der Waals surface area contributed by atoms with Gasteiger partial charge >= 0.3 is 0 Å². The maximum atomic E-state index is 13.1. The van der Waals surface area contributed by atoms with Gasteiger partial charge in [0.2, 0.25) is 11.8 Å². The smallest absolute Gasteiger partial charge is 0.271 e. The maximum Gasteiger partial charge on any atom is 0.271 e. The summed E-state index contributed by atoms with van der Waals surface area (Å²) in [6.45, 7) is 0. The van der Waals surface area contributed by atoms with Gasteiger partial charge < -0.3 is 0 Å². The van der Waals surface area contributed by atoms with E-state index < -0.39 is 4.92 Å². The van der Waals surface area contributed by atoms with Crippen LogP contribution in [0, 0.1) is 33.8 Å². The molecule has 0 N–H and O–H groups in total. The first-order chi connectivity index (χ1) is 12.6. The number of rotatable bonds is 2. The first-order valence-electron chi connectivity index (χ1n) is 9.10. The van der Waals surface area contributed by atoms with E-state index in [1.165, 1.54) is 47.1 Å². The number of allylic oxidation sites excluding steroid dienone is 4. The minimum atomic E-state index is -0.511.